The summed E-state index contributed by atoms with van der Waals surface area (Å²) in [5.41, 5.74) is 1.87. The zero-order chi connectivity index (χ0) is 8.39. The maximum absolute atomic E-state index is 4.61. The van der Waals surface area contributed by atoms with Gasteiger partial charge in [0.15, 0.2) is 0 Å². The van der Waals surface area contributed by atoms with Gasteiger partial charge >= 0.3 is 0 Å². The molecule has 0 radical (unpaired) electrons. The minimum absolute atomic E-state index is 0.527. The van der Waals surface area contributed by atoms with Crippen LogP contribution in [0.5, 0.6) is 0 Å². The van der Waals surface area contributed by atoms with Crippen LogP contribution in [0.4, 0.5) is 0 Å². The molecular formula is C8H7N3O. The van der Waals surface area contributed by atoms with E-state index in [9.17, 15) is 0 Å². The predicted octanol–water partition coefficient (Wildman–Crippen LogP) is 1.44. The SMILES string of the molecule is Cc1ccnc(-c2ncon2)c1. The number of nitrogens with zero attached hydrogens (tertiary/aromatic N) is 3. The zero-order valence-electron chi connectivity index (χ0n) is 6.56. The molecule has 0 saturated carbocycles. The molecule has 0 aliphatic rings. The number of aromatic nitrogens is 3. The molecule has 4 nitrogen and oxygen atoms in total. The highest BCUT2D eigenvalue weighted by atomic mass is 16.5. The van der Waals surface area contributed by atoms with Crippen LogP contribution in [-0.2, 0) is 0 Å². The lowest BCUT2D eigenvalue weighted by molar-refractivity contribution is 0.418. The van der Waals surface area contributed by atoms with Crippen LogP contribution in [-0.4, -0.2) is 15.1 Å². The molecule has 2 aromatic rings. The maximum atomic E-state index is 4.61. The van der Waals surface area contributed by atoms with Gasteiger partial charge in [0.1, 0.15) is 5.69 Å². The zero-order valence-corrected chi connectivity index (χ0v) is 6.56. The number of rotatable bonds is 1. The lowest BCUT2D eigenvalue weighted by Crippen LogP contribution is -1.85. The summed E-state index contributed by atoms with van der Waals surface area (Å²) in [6, 6.07) is 3.83. The van der Waals surface area contributed by atoms with Crippen LogP contribution in [0.25, 0.3) is 11.5 Å². The summed E-state index contributed by atoms with van der Waals surface area (Å²) in [6.07, 6.45) is 3.01. The van der Waals surface area contributed by atoms with Crippen molar-refractivity contribution in [1.82, 2.24) is 15.1 Å². The summed E-state index contributed by atoms with van der Waals surface area (Å²) in [5.74, 6) is 0.527. The smallest absolute Gasteiger partial charge is 0.220 e. The largest absolute Gasteiger partial charge is 0.342 e. The van der Waals surface area contributed by atoms with Gasteiger partial charge in [-0.3, -0.25) is 4.98 Å². The molecule has 0 aliphatic carbocycles. The van der Waals surface area contributed by atoms with Crippen molar-refractivity contribution in [3.63, 3.8) is 0 Å². The molecule has 0 bridgehead atoms. The van der Waals surface area contributed by atoms with Gasteiger partial charge in [0.05, 0.1) is 0 Å². The topological polar surface area (TPSA) is 51.8 Å². The van der Waals surface area contributed by atoms with Gasteiger partial charge in [-0.25, -0.2) is 0 Å². The minimum Gasteiger partial charge on any atom is -0.342 e. The normalized spacial score (nSPS) is 10.1. The van der Waals surface area contributed by atoms with E-state index in [1.807, 2.05) is 19.1 Å². The van der Waals surface area contributed by atoms with E-state index in [1.165, 1.54) is 6.39 Å². The molecular weight excluding hydrogens is 154 g/mol. The van der Waals surface area contributed by atoms with Crippen LogP contribution < -0.4 is 0 Å². The number of hydrogen-bond donors (Lipinski definition) is 0. The van der Waals surface area contributed by atoms with Gasteiger partial charge in [0.2, 0.25) is 12.2 Å². The lowest BCUT2D eigenvalue weighted by atomic mass is 10.2. The van der Waals surface area contributed by atoms with E-state index in [4.69, 9.17) is 0 Å². The first-order chi connectivity index (χ1) is 5.86. The van der Waals surface area contributed by atoms with Crippen molar-refractivity contribution < 1.29 is 4.52 Å². The van der Waals surface area contributed by atoms with Crippen molar-refractivity contribution in [3.8, 4) is 11.5 Å². The Labute approximate surface area is 69.3 Å². The Hall–Kier alpha value is -1.71. The molecule has 0 fully saturated rings. The third kappa shape index (κ3) is 1.18. The van der Waals surface area contributed by atoms with Crippen LogP contribution >= 0.6 is 0 Å². The molecule has 60 valence electrons. The molecule has 0 aromatic carbocycles. The summed E-state index contributed by atoms with van der Waals surface area (Å²) >= 11 is 0. The number of hydrogen-bond acceptors (Lipinski definition) is 4. The fourth-order valence-electron chi connectivity index (χ4n) is 0.942. The molecule has 0 amide bonds. The van der Waals surface area contributed by atoms with Crippen molar-refractivity contribution in [2.75, 3.05) is 0 Å². The minimum atomic E-state index is 0.527. The van der Waals surface area contributed by atoms with E-state index in [2.05, 4.69) is 19.6 Å². The first kappa shape index (κ1) is 6.97. The molecule has 2 aromatic heterocycles. The van der Waals surface area contributed by atoms with E-state index in [-0.39, 0.29) is 0 Å². The molecule has 0 aliphatic heterocycles. The average molecular weight is 161 g/mol. The third-order valence-electron chi connectivity index (χ3n) is 1.51. The van der Waals surface area contributed by atoms with Crippen LogP contribution in [0, 0.1) is 6.92 Å². The van der Waals surface area contributed by atoms with Gasteiger partial charge in [0, 0.05) is 6.20 Å². The van der Waals surface area contributed by atoms with E-state index in [0.717, 1.165) is 11.3 Å². The lowest BCUT2D eigenvalue weighted by Gasteiger charge is -1.93. The molecule has 0 spiro atoms. The second kappa shape index (κ2) is 2.73. The van der Waals surface area contributed by atoms with Crippen LogP contribution in [0.1, 0.15) is 5.56 Å². The van der Waals surface area contributed by atoms with E-state index in [1.54, 1.807) is 6.20 Å². The van der Waals surface area contributed by atoms with Crippen molar-refractivity contribution in [3.05, 3.63) is 30.3 Å². The predicted molar refractivity (Wildman–Crippen MR) is 42.3 cm³/mol. The maximum Gasteiger partial charge on any atom is 0.220 e. The van der Waals surface area contributed by atoms with Gasteiger partial charge in [0.25, 0.3) is 0 Å². The van der Waals surface area contributed by atoms with Gasteiger partial charge in [-0.15, -0.1) is 0 Å². The summed E-state index contributed by atoms with van der Waals surface area (Å²) in [4.78, 5) is 7.98. The second-order valence-corrected chi connectivity index (χ2v) is 2.47. The Kier molecular flexibility index (Phi) is 1.59. The third-order valence-corrected chi connectivity index (χ3v) is 1.51. The summed E-state index contributed by atoms with van der Waals surface area (Å²) in [7, 11) is 0. The Balaban J connectivity index is 2.48. The standard InChI is InChI=1S/C8H7N3O/c1-6-2-3-9-7(4-6)8-10-5-12-11-8/h2-5H,1H3. The Bertz CT molecular complexity index is 370. The van der Waals surface area contributed by atoms with Gasteiger partial charge in [-0.2, -0.15) is 4.98 Å². The number of aryl methyl sites for hydroxylation is 1. The van der Waals surface area contributed by atoms with Crippen molar-refractivity contribution >= 4 is 0 Å². The quantitative estimate of drug-likeness (QED) is 0.635. The van der Waals surface area contributed by atoms with Gasteiger partial charge < -0.3 is 4.52 Å². The number of pyridine rings is 1. The van der Waals surface area contributed by atoms with Crippen molar-refractivity contribution in [1.29, 1.82) is 0 Å². The van der Waals surface area contributed by atoms with Gasteiger partial charge in [-0.1, -0.05) is 5.16 Å². The molecule has 0 saturated heterocycles. The highest BCUT2D eigenvalue weighted by molar-refractivity contribution is 5.48. The fourth-order valence-corrected chi connectivity index (χ4v) is 0.942. The summed E-state index contributed by atoms with van der Waals surface area (Å²) in [5, 5.41) is 3.68. The molecule has 2 heterocycles. The molecule has 2 rings (SSSR count). The first-order valence-electron chi connectivity index (χ1n) is 3.55. The van der Waals surface area contributed by atoms with Crippen LogP contribution in [0.3, 0.4) is 0 Å². The fraction of sp³-hybridized carbons (Fsp3) is 0.125. The van der Waals surface area contributed by atoms with E-state index < -0.39 is 0 Å². The average Bonchev–Trinajstić information content (AvgIpc) is 2.56. The Morgan fingerprint density at radius 2 is 2.25 bits per heavy atom. The molecule has 12 heavy (non-hydrogen) atoms. The first-order valence-corrected chi connectivity index (χ1v) is 3.55. The molecule has 0 unspecified atom stereocenters. The highest BCUT2D eigenvalue weighted by Gasteiger charge is 2.02. The Morgan fingerprint density at radius 1 is 1.33 bits per heavy atom. The van der Waals surface area contributed by atoms with Crippen LogP contribution in [0.2, 0.25) is 0 Å². The van der Waals surface area contributed by atoms with E-state index in [0.29, 0.717) is 5.82 Å². The van der Waals surface area contributed by atoms with E-state index >= 15 is 0 Å². The Morgan fingerprint density at radius 3 is 2.92 bits per heavy atom. The van der Waals surface area contributed by atoms with Crippen LogP contribution in [0.15, 0.2) is 29.2 Å². The summed E-state index contributed by atoms with van der Waals surface area (Å²) in [6.45, 7) is 1.99. The van der Waals surface area contributed by atoms with Gasteiger partial charge in [-0.05, 0) is 24.6 Å². The molecule has 4 heteroatoms. The second-order valence-electron chi connectivity index (χ2n) is 2.47. The monoisotopic (exact) mass is 161 g/mol. The molecule has 0 atom stereocenters. The highest BCUT2D eigenvalue weighted by Crippen LogP contribution is 2.11. The molecule has 0 N–H and O–H groups in total. The van der Waals surface area contributed by atoms with Crippen molar-refractivity contribution in [2.24, 2.45) is 0 Å². The van der Waals surface area contributed by atoms with Crippen molar-refractivity contribution in [2.45, 2.75) is 6.92 Å². The summed E-state index contributed by atoms with van der Waals surface area (Å²) < 4.78 is 4.61.